The standard InChI is InChI=1S/C15H14N2O2/c16-10-12-9-13(17)3-6-15(12)19-14-4-1-11(2-5-14)7-8-18/h1-6,9,18H,7-8,17H2. The third-order valence-electron chi connectivity index (χ3n) is 2.68. The van der Waals surface area contributed by atoms with E-state index in [4.69, 9.17) is 20.8 Å². The molecule has 3 N–H and O–H groups in total. The Hall–Kier alpha value is -2.51. The van der Waals surface area contributed by atoms with Crippen LogP contribution in [0.4, 0.5) is 5.69 Å². The van der Waals surface area contributed by atoms with Gasteiger partial charge in [0.25, 0.3) is 0 Å². The minimum atomic E-state index is 0.122. The molecule has 0 heterocycles. The first-order chi connectivity index (χ1) is 9.22. The molecule has 2 aromatic carbocycles. The molecule has 0 fully saturated rings. The van der Waals surface area contributed by atoms with E-state index in [0.29, 0.717) is 29.2 Å². The Bertz CT molecular complexity index is 601. The molecule has 0 bridgehead atoms. The number of nitrogens with two attached hydrogens (primary N) is 1. The predicted octanol–water partition coefficient (Wildman–Crippen LogP) is 2.47. The summed E-state index contributed by atoms with van der Waals surface area (Å²) >= 11 is 0. The van der Waals surface area contributed by atoms with Crippen LogP contribution in [-0.2, 0) is 6.42 Å². The summed E-state index contributed by atoms with van der Waals surface area (Å²) in [5.74, 6) is 1.12. The highest BCUT2D eigenvalue weighted by Gasteiger charge is 2.05. The topological polar surface area (TPSA) is 79.3 Å². The number of nitrogens with zero attached hydrogens (tertiary/aromatic N) is 1. The predicted molar refractivity (Wildman–Crippen MR) is 72.9 cm³/mol. The lowest BCUT2D eigenvalue weighted by Gasteiger charge is -2.08. The Morgan fingerprint density at radius 2 is 1.89 bits per heavy atom. The van der Waals surface area contributed by atoms with Crippen molar-refractivity contribution in [1.29, 1.82) is 5.26 Å². The van der Waals surface area contributed by atoms with Crippen molar-refractivity contribution in [1.82, 2.24) is 0 Å². The van der Waals surface area contributed by atoms with Crippen LogP contribution in [0.25, 0.3) is 0 Å². The number of hydrogen-bond acceptors (Lipinski definition) is 4. The Morgan fingerprint density at radius 3 is 2.53 bits per heavy atom. The highest BCUT2D eigenvalue weighted by atomic mass is 16.5. The molecule has 0 atom stereocenters. The fraction of sp³-hybridized carbons (Fsp3) is 0.133. The summed E-state index contributed by atoms with van der Waals surface area (Å²) in [5.41, 5.74) is 7.59. The first-order valence-electron chi connectivity index (χ1n) is 5.90. The van der Waals surface area contributed by atoms with Gasteiger partial charge in [0.05, 0.1) is 5.56 Å². The van der Waals surface area contributed by atoms with Crippen molar-refractivity contribution in [3.05, 3.63) is 53.6 Å². The molecule has 0 aliphatic rings. The lowest BCUT2D eigenvalue weighted by molar-refractivity contribution is 0.299. The fourth-order valence-electron chi connectivity index (χ4n) is 1.70. The van der Waals surface area contributed by atoms with Crippen LogP contribution in [0.1, 0.15) is 11.1 Å². The van der Waals surface area contributed by atoms with Crippen molar-refractivity contribution >= 4 is 5.69 Å². The Kier molecular flexibility index (Phi) is 4.01. The van der Waals surface area contributed by atoms with Gasteiger partial charge in [-0.3, -0.25) is 0 Å². The number of rotatable bonds is 4. The molecule has 0 radical (unpaired) electrons. The van der Waals surface area contributed by atoms with E-state index in [9.17, 15) is 0 Å². The van der Waals surface area contributed by atoms with Crippen LogP contribution in [0.15, 0.2) is 42.5 Å². The first-order valence-corrected chi connectivity index (χ1v) is 5.90. The summed E-state index contributed by atoms with van der Waals surface area (Å²) < 4.78 is 5.65. The minimum Gasteiger partial charge on any atom is -0.456 e. The molecule has 2 rings (SSSR count). The number of benzene rings is 2. The lowest BCUT2D eigenvalue weighted by atomic mass is 10.1. The van der Waals surface area contributed by atoms with E-state index >= 15 is 0 Å². The summed E-state index contributed by atoms with van der Waals surface area (Å²) in [6.07, 6.45) is 0.617. The van der Waals surface area contributed by atoms with Gasteiger partial charge in [0.2, 0.25) is 0 Å². The fourth-order valence-corrected chi connectivity index (χ4v) is 1.70. The molecule has 4 heteroatoms. The van der Waals surface area contributed by atoms with E-state index in [-0.39, 0.29) is 6.61 Å². The Labute approximate surface area is 111 Å². The zero-order valence-corrected chi connectivity index (χ0v) is 10.3. The van der Waals surface area contributed by atoms with E-state index in [1.165, 1.54) is 0 Å². The maximum Gasteiger partial charge on any atom is 0.145 e. The van der Waals surface area contributed by atoms with Gasteiger partial charge in [-0.2, -0.15) is 5.26 Å². The molecule has 96 valence electrons. The molecule has 0 aromatic heterocycles. The maximum atomic E-state index is 9.02. The minimum absolute atomic E-state index is 0.122. The Balaban J connectivity index is 2.19. The third kappa shape index (κ3) is 3.24. The maximum absolute atomic E-state index is 9.02. The van der Waals surface area contributed by atoms with Crippen LogP contribution >= 0.6 is 0 Å². The van der Waals surface area contributed by atoms with Crippen LogP contribution in [-0.4, -0.2) is 11.7 Å². The number of hydrogen-bond donors (Lipinski definition) is 2. The second kappa shape index (κ2) is 5.89. The second-order valence-electron chi connectivity index (χ2n) is 4.09. The quantitative estimate of drug-likeness (QED) is 0.821. The lowest BCUT2D eigenvalue weighted by Crippen LogP contribution is -1.93. The van der Waals surface area contributed by atoms with Crippen LogP contribution in [0.5, 0.6) is 11.5 Å². The molecule has 0 saturated heterocycles. The zero-order chi connectivity index (χ0) is 13.7. The van der Waals surface area contributed by atoms with Crippen LogP contribution in [0.3, 0.4) is 0 Å². The molecule has 0 spiro atoms. The molecular formula is C15H14N2O2. The third-order valence-corrected chi connectivity index (χ3v) is 2.68. The van der Waals surface area contributed by atoms with E-state index < -0.39 is 0 Å². The van der Waals surface area contributed by atoms with E-state index in [2.05, 4.69) is 6.07 Å². The SMILES string of the molecule is N#Cc1cc(N)ccc1Oc1ccc(CCO)cc1. The van der Waals surface area contributed by atoms with E-state index in [1.54, 1.807) is 18.2 Å². The van der Waals surface area contributed by atoms with Gasteiger partial charge in [-0.15, -0.1) is 0 Å². The molecule has 2 aromatic rings. The highest BCUT2D eigenvalue weighted by molar-refractivity contribution is 5.54. The van der Waals surface area contributed by atoms with Gasteiger partial charge >= 0.3 is 0 Å². The van der Waals surface area contributed by atoms with Gasteiger partial charge in [-0.1, -0.05) is 12.1 Å². The van der Waals surface area contributed by atoms with Gasteiger partial charge in [0.1, 0.15) is 17.6 Å². The monoisotopic (exact) mass is 254 g/mol. The summed E-state index contributed by atoms with van der Waals surface area (Å²) in [6, 6.07) is 14.4. The highest BCUT2D eigenvalue weighted by Crippen LogP contribution is 2.26. The number of aliphatic hydroxyl groups excluding tert-OH is 1. The molecule has 4 nitrogen and oxygen atoms in total. The summed E-state index contributed by atoms with van der Waals surface area (Å²) in [5, 5.41) is 17.9. The smallest absolute Gasteiger partial charge is 0.145 e. The average molecular weight is 254 g/mol. The van der Waals surface area contributed by atoms with Crippen molar-refractivity contribution in [2.24, 2.45) is 0 Å². The number of nitrogen functional groups attached to an aromatic ring is 1. The van der Waals surface area contributed by atoms with Crippen molar-refractivity contribution in [3.8, 4) is 17.6 Å². The van der Waals surface area contributed by atoms with Gasteiger partial charge in [0, 0.05) is 12.3 Å². The molecule has 0 aliphatic carbocycles. The van der Waals surface area contributed by atoms with Crippen molar-refractivity contribution in [2.45, 2.75) is 6.42 Å². The molecule has 0 amide bonds. The molecular weight excluding hydrogens is 240 g/mol. The van der Waals surface area contributed by atoms with Crippen LogP contribution < -0.4 is 10.5 Å². The van der Waals surface area contributed by atoms with Crippen molar-refractivity contribution in [3.63, 3.8) is 0 Å². The van der Waals surface area contributed by atoms with Gasteiger partial charge in [-0.25, -0.2) is 0 Å². The second-order valence-corrected chi connectivity index (χ2v) is 4.09. The summed E-state index contributed by atoms with van der Waals surface area (Å²) in [4.78, 5) is 0. The number of anilines is 1. The normalized spacial score (nSPS) is 9.89. The largest absolute Gasteiger partial charge is 0.456 e. The van der Waals surface area contributed by atoms with E-state index in [1.807, 2.05) is 24.3 Å². The first kappa shape index (κ1) is 12.9. The molecule has 19 heavy (non-hydrogen) atoms. The average Bonchev–Trinajstić information content (AvgIpc) is 2.43. The number of nitriles is 1. The van der Waals surface area contributed by atoms with Crippen LogP contribution in [0.2, 0.25) is 0 Å². The van der Waals surface area contributed by atoms with Gasteiger partial charge in [-0.05, 0) is 42.3 Å². The molecule has 0 saturated carbocycles. The number of ether oxygens (including phenoxy) is 1. The van der Waals surface area contributed by atoms with Crippen molar-refractivity contribution in [2.75, 3.05) is 12.3 Å². The van der Waals surface area contributed by atoms with Gasteiger partial charge in [0.15, 0.2) is 0 Å². The van der Waals surface area contributed by atoms with E-state index in [0.717, 1.165) is 5.56 Å². The Morgan fingerprint density at radius 1 is 1.16 bits per heavy atom. The molecule has 0 unspecified atom stereocenters. The summed E-state index contributed by atoms with van der Waals surface area (Å²) in [7, 11) is 0. The van der Waals surface area contributed by atoms with Crippen LogP contribution in [0, 0.1) is 11.3 Å². The summed E-state index contributed by atoms with van der Waals surface area (Å²) in [6.45, 7) is 0.122. The number of aliphatic hydroxyl groups is 1. The van der Waals surface area contributed by atoms with Crippen molar-refractivity contribution < 1.29 is 9.84 Å². The zero-order valence-electron chi connectivity index (χ0n) is 10.3. The van der Waals surface area contributed by atoms with Gasteiger partial charge < -0.3 is 15.6 Å². The molecule has 0 aliphatic heterocycles.